The summed E-state index contributed by atoms with van der Waals surface area (Å²) >= 11 is 1.81. The van der Waals surface area contributed by atoms with E-state index in [9.17, 15) is 5.11 Å². The van der Waals surface area contributed by atoms with Crippen molar-refractivity contribution in [3.8, 4) is 0 Å². The number of benzene rings is 1. The number of likely N-dealkylation sites (tertiary alicyclic amines) is 1. The molecule has 1 atom stereocenters. The lowest BCUT2D eigenvalue weighted by atomic mass is 9.97. The molecular weight excluding hydrogens is 354 g/mol. The van der Waals surface area contributed by atoms with Crippen LogP contribution in [0.3, 0.4) is 0 Å². The van der Waals surface area contributed by atoms with E-state index in [0.29, 0.717) is 12.5 Å². The first-order valence-electron chi connectivity index (χ1n) is 9.73. The Labute approximate surface area is 164 Å². The summed E-state index contributed by atoms with van der Waals surface area (Å²) in [7, 11) is 0. The van der Waals surface area contributed by atoms with Gasteiger partial charge in [-0.25, -0.2) is 0 Å². The Balaban J connectivity index is 1.40. The number of fused-ring (bicyclic) bond motifs is 1. The van der Waals surface area contributed by atoms with Crippen molar-refractivity contribution in [2.24, 2.45) is 5.92 Å². The maximum atomic E-state index is 9.30. The van der Waals surface area contributed by atoms with Crippen LogP contribution in [0.15, 0.2) is 48.8 Å². The topological polar surface area (TPSA) is 48.4 Å². The molecule has 4 nitrogen and oxygen atoms in total. The first kappa shape index (κ1) is 18.4. The van der Waals surface area contributed by atoms with Gasteiger partial charge in [-0.2, -0.15) is 0 Å². The highest BCUT2D eigenvalue weighted by Gasteiger charge is 2.18. The van der Waals surface area contributed by atoms with Gasteiger partial charge in [-0.15, -0.1) is 11.3 Å². The highest BCUT2D eigenvalue weighted by atomic mass is 32.1. The van der Waals surface area contributed by atoms with E-state index in [1.807, 2.05) is 12.4 Å². The highest BCUT2D eigenvalue weighted by Crippen LogP contribution is 2.31. The molecule has 3 aromatic rings. The number of aliphatic hydroxyl groups is 1. The summed E-state index contributed by atoms with van der Waals surface area (Å²) in [6, 6.07) is 13.4. The quantitative estimate of drug-likeness (QED) is 0.651. The average Bonchev–Trinajstić information content (AvgIpc) is 3.13. The zero-order valence-electron chi connectivity index (χ0n) is 15.8. The normalized spacial score (nSPS) is 17.3. The predicted molar refractivity (Wildman–Crippen MR) is 113 cm³/mol. The van der Waals surface area contributed by atoms with Crippen LogP contribution in [0, 0.1) is 5.92 Å². The first-order valence-corrected chi connectivity index (χ1v) is 10.5. The summed E-state index contributed by atoms with van der Waals surface area (Å²) in [6.07, 6.45) is 6.00. The lowest BCUT2D eigenvalue weighted by molar-refractivity contribution is 0.127. The lowest BCUT2D eigenvalue weighted by Gasteiger charge is -2.31. The fourth-order valence-electron chi connectivity index (χ4n) is 3.78. The fourth-order valence-corrected chi connectivity index (χ4v) is 4.82. The van der Waals surface area contributed by atoms with Crippen molar-refractivity contribution in [1.82, 2.24) is 9.88 Å². The Morgan fingerprint density at radius 2 is 2.11 bits per heavy atom. The van der Waals surface area contributed by atoms with Crippen LogP contribution < -0.4 is 5.32 Å². The van der Waals surface area contributed by atoms with E-state index in [-0.39, 0.29) is 6.04 Å². The summed E-state index contributed by atoms with van der Waals surface area (Å²) < 4.78 is 1.24. The highest BCUT2D eigenvalue weighted by molar-refractivity contribution is 7.19. The second kappa shape index (κ2) is 8.38. The van der Waals surface area contributed by atoms with Gasteiger partial charge in [0.05, 0.1) is 10.7 Å². The molecule has 1 aliphatic rings. The van der Waals surface area contributed by atoms with Crippen LogP contribution in [0.1, 0.15) is 36.2 Å². The molecule has 4 rings (SSSR count). The maximum Gasteiger partial charge on any atom is 0.0578 e. The summed E-state index contributed by atoms with van der Waals surface area (Å²) in [5.74, 6) is 0.492. The number of nitrogens with zero attached hydrogens (tertiary/aromatic N) is 2. The minimum atomic E-state index is 0.262. The minimum Gasteiger partial charge on any atom is -0.396 e. The predicted octanol–water partition coefficient (Wildman–Crippen LogP) is 4.67. The van der Waals surface area contributed by atoms with Gasteiger partial charge in [-0.3, -0.25) is 9.88 Å². The van der Waals surface area contributed by atoms with E-state index in [0.717, 1.165) is 32.5 Å². The Morgan fingerprint density at radius 1 is 1.26 bits per heavy atom. The number of nitrogens with one attached hydrogen (secondary N) is 1. The molecule has 0 saturated carbocycles. The third kappa shape index (κ3) is 4.49. The number of anilines is 1. The van der Waals surface area contributed by atoms with E-state index in [1.54, 1.807) is 11.3 Å². The van der Waals surface area contributed by atoms with Gasteiger partial charge in [0.2, 0.25) is 0 Å². The van der Waals surface area contributed by atoms with E-state index < -0.39 is 0 Å². The summed E-state index contributed by atoms with van der Waals surface area (Å²) in [5.41, 5.74) is 2.51. The van der Waals surface area contributed by atoms with Crippen molar-refractivity contribution >= 4 is 27.1 Å². The molecule has 0 aliphatic carbocycles. The largest absolute Gasteiger partial charge is 0.396 e. The Bertz CT molecular complexity index is 853. The second-order valence-corrected chi connectivity index (χ2v) is 8.65. The van der Waals surface area contributed by atoms with Gasteiger partial charge in [-0.1, -0.05) is 12.1 Å². The maximum absolute atomic E-state index is 9.30. The fraction of sp³-hybridized carbons (Fsp3) is 0.409. The van der Waals surface area contributed by atoms with Crippen molar-refractivity contribution in [2.75, 3.05) is 25.0 Å². The lowest BCUT2D eigenvalue weighted by Crippen LogP contribution is -2.34. The average molecular weight is 382 g/mol. The van der Waals surface area contributed by atoms with Crippen molar-refractivity contribution in [1.29, 1.82) is 0 Å². The van der Waals surface area contributed by atoms with E-state index in [2.05, 4.69) is 58.5 Å². The van der Waals surface area contributed by atoms with Gasteiger partial charge in [0.25, 0.3) is 0 Å². The molecule has 1 fully saturated rings. The van der Waals surface area contributed by atoms with Crippen molar-refractivity contribution < 1.29 is 5.11 Å². The number of pyridine rings is 1. The molecule has 3 heterocycles. The van der Waals surface area contributed by atoms with Crippen LogP contribution in [-0.2, 0) is 6.54 Å². The number of aromatic nitrogens is 1. The second-order valence-electron chi connectivity index (χ2n) is 7.53. The van der Waals surface area contributed by atoms with Gasteiger partial charge >= 0.3 is 0 Å². The third-order valence-electron chi connectivity index (χ3n) is 5.45. The summed E-state index contributed by atoms with van der Waals surface area (Å²) in [5, 5.41) is 14.2. The van der Waals surface area contributed by atoms with Gasteiger partial charge in [0, 0.05) is 36.1 Å². The molecule has 27 heavy (non-hydrogen) atoms. The number of thiophene rings is 1. The van der Waals surface area contributed by atoms with Crippen molar-refractivity contribution in [2.45, 2.75) is 32.4 Å². The number of aliphatic hydroxyl groups excluding tert-OH is 1. The Kier molecular flexibility index (Phi) is 5.72. The van der Waals surface area contributed by atoms with E-state index in [4.69, 9.17) is 0 Å². The number of hydrogen-bond donors (Lipinski definition) is 2. The molecule has 142 valence electrons. The molecule has 1 saturated heterocycles. The van der Waals surface area contributed by atoms with Crippen LogP contribution in [0.25, 0.3) is 10.1 Å². The molecular formula is C22H27N3OS. The standard InChI is InChI=1S/C22H27N3OS/c1-16(21-12-19-5-8-23-13-22(19)27-21)24-20-4-2-3-18(11-20)14-25-9-6-17(15-26)7-10-25/h2-5,8,11-13,16-17,24,26H,6-7,9-10,14-15H2,1H3. The molecule has 1 aromatic carbocycles. The molecule has 2 N–H and O–H groups in total. The van der Waals surface area contributed by atoms with Crippen molar-refractivity contribution in [3.63, 3.8) is 0 Å². The SMILES string of the molecule is CC(Nc1cccc(CN2CCC(CO)CC2)c1)c1cc2ccncc2s1. The molecule has 2 aromatic heterocycles. The summed E-state index contributed by atoms with van der Waals surface area (Å²) in [6.45, 7) is 5.68. The number of hydrogen-bond acceptors (Lipinski definition) is 5. The van der Waals surface area contributed by atoms with Crippen LogP contribution in [0.4, 0.5) is 5.69 Å². The van der Waals surface area contributed by atoms with Gasteiger partial charge in [0.15, 0.2) is 0 Å². The van der Waals surface area contributed by atoms with Crippen LogP contribution in [0.5, 0.6) is 0 Å². The molecule has 0 spiro atoms. The van der Waals surface area contributed by atoms with Gasteiger partial charge < -0.3 is 10.4 Å². The van der Waals surface area contributed by atoms with Crippen LogP contribution >= 0.6 is 11.3 Å². The monoisotopic (exact) mass is 381 g/mol. The van der Waals surface area contributed by atoms with Crippen molar-refractivity contribution in [3.05, 3.63) is 59.2 Å². The first-order chi connectivity index (χ1) is 13.2. The van der Waals surface area contributed by atoms with Crippen LogP contribution in [-0.4, -0.2) is 34.7 Å². The molecule has 0 amide bonds. The smallest absolute Gasteiger partial charge is 0.0578 e. The third-order valence-corrected chi connectivity index (χ3v) is 6.72. The molecule has 5 heteroatoms. The molecule has 0 bridgehead atoms. The number of rotatable bonds is 6. The molecule has 1 aliphatic heterocycles. The summed E-state index contributed by atoms with van der Waals surface area (Å²) in [4.78, 5) is 8.04. The van der Waals surface area contributed by atoms with Crippen LogP contribution in [0.2, 0.25) is 0 Å². The Hall–Kier alpha value is -1.95. The van der Waals surface area contributed by atoms with E-state index in [1.165, 1.54) is 26.2 Å². The van der Waals surface area contributed by atoms with Gasteiger partial charge in [0.1, 0.15) is 0 Å². The minimum absolute atomic E-state index is 0.262. The zero-order chi connectivity index (χ0) is 18.6. The molecule has 1 unspecified atom stereocenters. The van der Waals surface area contributed by atoms with E-state index >= 15 is 0 Å². The Morgan fingerprint density at radius 3 is 2.89 bits per heavy atom. The van der Waals surface area contributed by atoms with Gasteiger partial charge in [-0.05, 0) is 74.0 Å². The zero-order valence-corrected chi connectivity index (χ0v) is 16.6. The molecule has 0 radical (unpaired) electrons. The number of piperidine rings is 1.